The van der Waals surface area contributed by atoms with E-state index in [0.717, 1.165) is 18.4 Å². The van der Waals surface area contributed by atoms with Gasteiger partial charge in [-0.05, 0) is 48.6 Å². The Morgan fingerprint density at radius 2 is 2.06 bits per heavy atom. The number of rotatable bonds is 7. The quantitative estimate of drug-likeness (QED) is 0.415. The molecule has 3 heterocycles. The zero-order valence-corrected chi connectivity index (χ0v) is 18.0. The molecule has 4 rings (SSSR count). The van der Waals surface area contributed by atoms with Crippen LogP contribution in [-0.4, -0.2) is 45.0 Å². The van der Waals surface area contributed by atoms with E-state index >= 15 is 0 Å². The van der Waals surface area contributed by atoms with Gasteiger partial charge < -0.3 is 4.74 Å². The van der Waals surface area contributed by atoms with E-state index in [9.17, 15) is 14.0 Å². The number of nitrogens with one attached hydrogen (secondary N) is 2. The van der Waals surface area contributed by atoms with Crippen molar-refractivity contribution in [2.75, 3.05) is 12.4 Å². The predicted molar refractivity (Wildman–Crippen MR) is 115 cm³/mol. The Labute approximate surface area is 186 Å². The minimum Gasteiger partial charge on any atom is -0.376 e. The molecule has 0 aliphatic carbocycles. The molecule has 31 heavy (non-hydrogen) atoms. The van der Waals surface area contributed by atoms with E-state index in [0.29, 0.717) is 29.0 Å². The van der Waals surface area contributed by atoms with Gasteiger partial charge in [0.05, 0.1) is 23.3 Å². The van der Waals surface area contributed by atoms with Crippen molar-refractivity contribution in [3.05, 3.63) is 52.5 Å². The molecule has 0 bridgehead atoms. The third kappa shape index (κ3) is 5.49. The first-order valence-corrected chi connectivity index (χ1v) is 11.5. The largest absolute Gasteiger partial charge is 0.376 e. The molecule has 8 nitrogen and oxygen atoms in total. The van der Waals surface area contributed by atoms with E-state index in [1.54, 1.807) is 29.6 Å². The molecule has 3 aromatic rings. The topological polar surface area (TPSA) is 98.1 Å². The maximum atomic E-state index is 13.3. The Morgan fingerprint density at radius 3 is 2.77 bits per heavy atom. The third-order valence-corrected chi connectivity index (χ3v) is 6.46. The number of amides is 2. The molecule has 1 fully saturated rings. The van der Waals surface area contributed by atoms with Gasteiger partial charge in [-0.15, -0.1) is 21.5 Å². The van der Waals surface area contributed by atoms with Gasteiger partial charge in [0.15, 0.2) is 11.0 Å². The molecule has 0 spiro atoms. The highest BCUT2D eigenvalue weighted by atomic mass is 32.2. The van der Waals surface area contributed by atoms with E-state index in [4.69, 9.17) is 4.74 Å². The predicted octanol–water partition coefficient (Wildman–Crippen LogP) is 2.88. The van der Waals surface area contributed by atoms with Gasteiger partial charge in [0.2, 0.25) is 5.91 Å². The summed E-state index contributed by atoms with van der Waals surface area (Å²) in [4.78, 5) is 24.6. The van der Waals surface area contributed by atoms with Gasteiger partial charge in [-0.3, -0.25) is 25.0 Å². The molecule has 2 aromatic heterocycles. The second-order valence-electron chi connectivity index (χ2n) is 6.83. The fraction of sp³-hybridized carbons (Fsp3) is 0.300. The minimum absolute atomic E-state index is 0.0356. The summed E-state index contributed by atoms with van der Waals surface area (Å²) < 4.78 is 21.0. The van der Waals surface area contributed by atoms with Crippen LogP contribution in [0.15, 0.2) is 46.9 Å². The van der Waals surface area contributed by atoms with E-state index < -0.39 is 0 Å². The number of hydrazine groups is 1. The monoisotopic (exact) mass is 461 g/mol. The summed E-state index contributed by atoms with van der Waals surface area (Å²) in [7, 11) is 0. The molecular formula is C20H20FN5O3S2. The average Bonchev–Trinajstić information content (AvgIpc) is 3.54. The Hall–Kier alpha value is -2.76. The summed E-state index contributed by atoms with van der Waals surface area (Å²) in [6.07, 6.45) is 1.96. The van der Waals surface area contributed by atoms with Crippen LogP contribution in [0.25, 0.3) is 11.4 Å². The molecule has 2 amide bonds. The molecule has 1 aliphatic heterocycles. The number of carbonyl (C=O) groups is 2. The highest BCUT2D eigenvalue weighted by Crippen LogP contribution is 2.26. The maximum absolute atomic E-state index is 13.3. The molecule has 0 saturated carbocycles. The van der Waals surface area contributed by atoms with Gasteiger partial charge in [0.1, 0.15) is 5.82 Å². The lowest BCUT2D eigenvalue weighted by molar-refractivity contribution is -0.119. The average molecular weight is 462 g/mol. The smallest absolute Gasteiger partial charge is 0.279 e. The number of carbonyl (C=O) groups excluding carboxylic acids is 2. The summed E-state index contributed by atoms with van der Waals surface area (Å²) >= 11 is 2.49. The lowest BCUT2D eigenvalue weighted by Gasteiger charge is -2.14. The third-order valence-electron chi connectivity index (χ3n) is 4.62. The minimum atomic E-state index is -0.370. The zero-order chi connectivity index (χ0) is 21.6. The number of nitrogens with zero attached hydrogens (tertiary/aromatic N) is 3. The molecule has 162 valence electrons. The van der Waals surface area contributed by atoms with Crippen molar-refractivity contribution in [1.29, 1.82) is 0 Å². The summed E-state index contributed by atoms with van der Waals surface area (Å²) in [5, 5.41) is 10.8. The summed E-state index contributed by atoms with van der Waals surface area (Å²) in [5.41, 5.74) is 5.52. The molecule has 2 N–H and O–H groups in total. The van der Waals surface area contributed by atoms with Crippen molar-refractivity contribution in [3.8, 4) is 11.4 Å². The Kier molecular flexibility index (Phi) is 6.95. The first kappa shape index (κ1) is 21.5. The summed E-state index contributed by atoms with van der Waals surface area (Å²) in [6.45, 7) is 1.26. The van der Waals surface area contributed by atoms with Crippen LogP contribution in [0.4, 0.5) is 4.39 Å². The first-order valence-electron chi connectivity index (χ1n) is 9.66. The molecule has 1 aliphatic rings. The lowest BCUT2D eigenvalue weighted by Crippen LogP contribution is -2.42. The van der Waals surface area contributed by atoms with Gasteiger partial charge in [-0.2, -0.15) is 0 Å². The second kappa shape index (κ2) is 10.0. The Morgan fingerprint density at radius 1 is 1.23 bits per heavy atom. The highest BCUT2D eigenvalue weighted by molar-refractivity contribution is 7.99. The number of thioether (sulfide) groups is 1. The fourth-order valence-corrected chi connectivity index (χ4v) is 4.49. The molecule has 11 heteroatoms. The number of benzene rings is 1. The van der Waals surface area contributed by atoms with Crippen LogP contribution in [0.5, 0.6) is 0 Å². The van der Waals surface area contributed by atoms with Crippen LogP contribution >= 0.6 is 23.1 Å². The number of hydrogen-bond donors (Lipinski definition) is 2. The van der Waals surface area contributed by atoms with Crippen LogP contribution in [0.1, 0.15) is 22.5 Å². The van der Waals surface area contributed by atoms with Crippen molar-refractivity contribution >= 4 is 34.9 Å². The van der Waals surface area contributed by atoms with Crippen molar-refractivity contribution in [3.63, 3.8) is 0 Å². The molecule has 0 radical (unpaired) electrons. The van der Waals surface area contributed by atoms with Crippen molar-refractivity contribution in [2.45, 2.75) is 30.6 Å². The van der Waals surface area contributed by atoms with E-state index in [2.05, 4.69) is 21.0 Å². The van der Waals surface area contributed by atoms with E-state index in [1.807, 2.05) is 4.57 Å². The van der Waals surface area contributed by atoms with Gasteiger partial charge >= 0.3 is 0 Å². The lowest BCUT2D eigenvalue weighted by atomic mass is 10.2. The van der Waals surface area contributed by atoms with Crippen molar-refractivity contribution in [2.24, 2.45) is 0 Å². The van der Waals surface area contributed by atoms with E-state index in [1.165, 1.54) is 35.2 Å². The van der Waals surface area contributed by atoms with Crippen molar-refractivity contribution in [1.82, 2.24) is 25.6 Å². The molecule has 0 unspecified atom stereocenters. The fourth-order valence-electron chi connectivity index (χ4n) is 3.13. The number of thiophene rings is 1. The summed E-state index contributed by atoms with van der Waals surface area (Å²) in [5.74, 6) is -0.440. The molecule has 1 aromatic carbocycles. The van der Waals surface area contributed by atoms with Gasteiger partial charge in [-0.1, -0.05) is 17.8 Å². The second-order valence-corrected chi connectivity index (χ2v) is 8.72. The van der Waals surface area contributed by atoms with Gasteiger partial charge in [0, 0.05) is 12.2 Å². The van der Waals surface area contributed by atoms with Crippen LogP contribution in [0.2, 0.25) is 0 Å². The van der Waals surface area contributed by atoms with Crippen LogP contribution in [-0.2, 0) is 16.1 Å². The molecule has 1 saturated heterocycles. The number of aromatic nitrogens is 3. The molecular weight excluding hydrogens is 441 g/mol. The Balaban J connectivity index is 1.42. The zero-order valence-electron chi connectivity index (χ0n) is 16.4. The summed E-state index contributed by atoms with van der Waals surface area (Å²) in [6, 6.07) is 9.47. The normalized spacial score (nSPS) is 15.7. The molecule has 1 atom stereocenters. The van der Waals surface area contributed by atoms with Crippen LogP contribution in [0, 0.1) is 5.82 Å². The number of halogens is 1. The first-order chi connectivity index (χ1) is 15.1. The van der Waals surface area contributed by atoms with Crippen LogP contribution in [0.3, 0.4) is 0 Å². The standard InChI is InChI=1S/C20H20FN5O3S2/c21-14-7-5-13(6-8-14)18-23-25-20(26(18)11-15-3-1-9-29-15)31-12-17(27)22-24-19(28)16-4-2-10-30-16/h2,4-8,10,15H,1,3,9,11-12H2,(H,22,27)(H,24,28)/t15-/m1/s1. The Bertz CT molecular complexity index is 1030. The van der Waals surface area contributed by atoms with Gasteiger partial charge in [0.25, 0.3) is 5.91 Å². The number of ether oxygens (including phenoxy) is 1. The van der Waals surface area contributed by atoms with Crippen LogP contribution < -0.4 is 10.9 Å². The van der Waals surface area contributed by atoms with E-state index in [-0.39, 0.29) is 29.5 Å². The SMILES string of the molecule is O=C(CSc1nnc(-c2ccc(F)cc2)n1C[C@H]1CCCO1)NNC(=O)c1cccs1. The van der Waals surface area contributed by atoms with Crippen molar-refractivity contribution < 1.29 is 18.7 Å². The maximum Gasteiger partial charge on any atom is 0.279 e. The number of hydrogen-bond acceptors (Lipinski definition) is 7. The van der Waals surface area contributed by atoms with Gasteiger partial charge in [-0.25, -0.2) is 4.39 Å². The highest BCUT2D eigenvalue weighted by Gasteiger charge is 2.22.